The predicted octanol–water partition coefficient (Wildman–Crippen LogP) is 9.09. The molecule has 0 aliphatic carbocycles. The zero-order valence-electron chi connectivity index (χ0n) is 23.7. The molecule has 5 aromatic carbocycles. The van der Waals surface area contributed by atoms with Crippen molar-refractivity contribution in [3.05, 3.63) is 165 Å². The smallest absolute Gasteiger partial charge is 0.272 e. The van der Waals surface area contributed by atoms with E-state index < -0.39 is 17.1 Å². The van der Waals surface area contributed by atoms with Gasteiger partial charge in [0.05, 0.1) is 5.69 Å². The van der Waals surface area contributed by atoms with E-state index in [9.17, 15) is 14.4 Å². The summed E-state index contributed by atoms with van der Waals surface area (Å²) in [4.78, 5) is 40.7. The third-order valence-corrected chi connectivity index (χ3v) is 9.03. The zero-order chi connectivity index (χ0) is 31.6. The highest BCUT2D eigenvalue weighted by molar-refractivity contribution is 9.10. The van der Waals surface area contributed by atoms with Crippen molar-refractivity contribution >= 4 is 78.8 Å². The van der Waals surface area contributed by atoms with Crippen LogP contribution in [0.3, 0.4) is 0 Å². The zero-order valence-corrected chi connectivity index (χ0v) is 27.7. The van der Waals surface area contributed by atoms with Crippen molar-refractivity contribution in [3.63, 3.8) is 0 Å². The van der Waals surface area contributed by atoms with Crippen LogP contribution in [0, 0.1) is 0 Å². The molecule has 9 heteroatoms. The summed E-state index contributed by atoms with van der Waals surface area (Å²) >= 11 is 8.32. The molecule has 0 aromatic heterocycles. The Morgan fingerprint density at radius 1 is 0.667 bits per heavy atom. The average Bonchev–Trinajstić information content (AvgIpc) is 3.06. The Kier molecular flexibility index (Phi) is 11.0. The van der Waals surface area contributed by atoms with Gasteiger partial charge in [0.1, 0.15) is 10.9 Å². The number of para-hydroxylation sites is 1. The summed E-state index contributed by atoms with van der Waals surface area (Å²) in [6.07, 6.45) is 1.63. The number of carbonyl (C=O) groups excluding carboxylic acids is 3. The number of thioether (sulfide) groups is 1. The SMILES string of the molecule is O=C(Nc1ccc(SC(C(=O)Nc2ccccc2Br)c2ccccc2)cc1)/C(=C/c1ccc(Br)cc1)NC(=O)c1ccccc1. The normalized spacial score (nSPS) is 11.7. The molecule has 45 heavy (non-hydrogen) atoms. The van der Waals surface area contributed by atoms with Crippen LogP contribution >= 0.6 is 43.6 Å². The Bertz CT molecular complexity index is 1810. The number of rotatable bonds is 10. The third-order valence-electron chi connectivity index (χ3n) is 6.55. The number of nitrogens with one attached hydrogen (secondary N) is 3. The minimum absolute atomic E-state index is 0.0949. The molecule has 0 radical (unpaired) electrons. The number of carbonyl (C=O) groups is 3. The van der Waals surface area contributed by atoms with Gasteiger partial charge < -0.3 is 16.0 Å². The van der Waals surface area contributed by atoms with Crippen LogP contribution in [-0.4, -0.2) is 17.7 Å². The first kappa shape index (κ1) is 32.0. The highest BCUT2D eigenvalue weighted by atomic mass is 79.9. The average molecular weight is 742 g/mol. The minimum Gasteiger partial charge on any atom is -0.324 e. The van der Waals surface area contributed by atoms with Crippen LogP contribution in [0.5, 0.6) is 0 Å². The fourth-order valence-corrected chi connectivity index (χ4v) is 5.95. The van der Waals surface area contributed by atoms with Crippen LogP contribution in [0.4, 0.5) is 11.4 Å². The van der Waals surface area contributed by atoms with Gasteiger partial charge in [0.2, 0.25) is 5.91 Å². The highest BCUT2D eigenvalue weighted by Crippen LogP contribution is 2.37. The molecule has 224 valence electrons. The molecule has 0 saturated heterocycles. The monoisotopic (exact) mass is 739 g/mol. The lowest BCUT2D eigenvalue weighted by atomic mass is 10.1. The van der Waals surface area contributed by atoms with Crippen LogP contribution in [-0.2, 0) is 9.59 Å². The lowest BCUT2D eigenvalue weighted by Gasteiger charge is -2.18. The van der Waals surface area contributed by atoms with Gasteiger partial charge in [-0.3, -0.25) is 14.4 Å². The molecule has 1 unspecified atom stereocenters. The van der Waals surface area contributed by atoms with Gasteiger partial charge in [0, 0.05) is 25.1 Å². The van der Waals surface area contributed by atoms with Crippen molar-refractivity contribution in [2.75, 3.05) is 10.6 Å². The fourth-order valence-electron chi connectivity index (χ4n) is 4.28. The van der Waals surface area contributed by atoms with Gasteiger partial charge in [-0.15, -0.1) is 11.8 Å². The van der Waals surface area contributed by atoms with E-state index in [2.05, 4.69) is 47.8 Å². The van der Waals surface area contributed by atoms with Gasteiger partial charge >= 0.3 is 0 Å². The van der Waals surface area contributed by atoms with Gasteiger partial charge in [-0.2, -0.15) is 0 Å². The first-order valence-electron chi connectivity index (χ1n) is 13.9. The van der Waals surface area contributed by atoms with E-state index in [-0.39, 0.29) is 11.6 Å². The molecule has 1 atom stereocenters. The topological polar surface area (TPSA) is 87.3 Å². The van der Waals surface area contributed by atoms with Crippen LogP contribution in [0.2, 0.25) is 0 Å². The molecule has 0 spiro atoms. The number of hydrogen-bond acceptors (Lipinski definition) is 4. The van der Waals surface area contributed by atoms with Crippen molar-refractivity contribution < 1.29 is 14.4 Å². The van der Waals surface area contributed by atoms with Gasteiger partial charge in [0.15, 0.2) is 0 Å². The van der Waals surface area contributed by atoms with Crippen molar-refractivity contribution in [2.24, 2.45) is 0 Å². The number of benzene rings is 5. The summed E-state index contributed by atoms with van der Waals surface area (Å²) in [6.45, 7) is 0. The van der Waals surface area contributed by atoms with Gasteiger partial charge in [-0.1, -0.05) is 88.7 Å². The molecule has 0 fully saturated rings. The molecular formula is C36H27Br2N3O3S. The maximum atomic E-state index is 13.5. The van der Waals surface area contributed by atoms with Gasteiger partial charge in [-0.05, 0) is 93.8 Å². The Balaban J connectivity index is 1.32. The molecule has 6 nitrogen and oxygen atoms in total. The first-order valence-corrected chi connectivity index (χ1v) is 16.3. The van der Waals surface area contributed by atoms with Gasteiger partial charge in [-0.25, -0.2) is 0 Å². The summed E-state index contributed by atoms with van der Waals surface area (Å²) in [5.41, 5.74) is 3.36. The molecule has 3 amide bonds. The second-order valence-corrected chi connectivity index (χ2v) is 12.7. The summed E-state index contributed by atoms with van der Waals surface area (Å²) in [6, 6.07) is 40.4. The van der Waals surface area contributed by atoms with E-state index in [4.69, 9.17) is 0 Å². The van der Waals surface area contributed by atoms with Crippen molar-refractivity contribution in [1.82, 2.24) is 5.32 Å². The van der Waals surface area contributed by atoms with E-state index in [0.717, 1.165) is 25.0 Å². The molecular weight excluding hydrogens is 714 g/mol. The third kappa shape index (κ3) is 9.04. The maximum Gasteiger partial charge on any atom is 0.272 e. The summed E-state index contributed by atoms with van der Waals surface area (Å²) in [7, 11) is 0. The number of halogens is 2. The fraction of sp³-hybridized carbons (Fsp3) is 0.0278. The Morgan fingerprint density at radius 2 is 1.29 bits per heavy atom. The molecule has 3 N–H and O–H groups in total. The molecule has 0 heterocycles. The second-order valence-electron chi connectivity index (χ2n) is 9.79. The molecule has 5 rings (SSSR count). The van der Waals surface area contributed by atoms with E-state index in [0.29, 0.717) is 16.9 Å². The molecule has 0 saturated carbocycles. The second kappa shape index (κ2) is 15.5. The maximum absolute atomic E-state index is 13.5. The van der Waals surface area contributed by atoms with Crippen LogP contribution in [0.1, 0.15) is 26.7 Å². The Hall–Kier alpha value is -4.44. The van der Waals surface area contributed by atoms with Crippen LogP contribution in [0.15, 0.2) is 153 Å². The number of hydrogen-bond donors (Lipinski definition) is 3. The summed E-state index contributed by atoms with van der Waals surface area (Å²) < 4.78 is 1.70. The molecule has 0 aliphatic heterocycles. The molecule has 0 bridgehead atoms. The minimum atomic E-state index is -0.521. The molecule has 5 aromatic rings. The van der Waals surface area contributed by atoms with Crippen molar-refractivity contribution in [1.29, 1.82) is 0 Å². The molecule has 0 aliphatic rings. The van der Waals surface area contributed by atoms with E-state index >= 15 is 0 Å². The standard InChI is InChI=1S/C36H27Br2N3O3S/c37-27-17-15-24(16-18-27)23-32(41-34(42)26-11-5-2-6-12-26)35(43)39-28-19-21-29(22-20-28)45-33(25-9-3-1-4-10-25)36(44)40-31-14-8-7-13-30(31)38/h1-23,33H,(H,39,43)(H,40,44)(H,41,42)/b32-23-. The lowest BCUT2D eigenvalue weighted by Crippen LogP contribution is -2.30. The largest absolute Gasteiger partial charge is 0.324 e. The van der Waals surface area contributed by atoms with Crippen LogP contribution < -0.4 is 16.0 Å². The summed E-state index contributed by atoms with van der Waals surface area (Å²) in [5.74, 6) is -1.03. The van der Waals surface area contributed by atoms with Crippen LogP contribution in [0.25, 0.3) is 6.08 Å². The first-order chi connectivity index (χ1) is 21.9. The van der Waals surface area contributed by atoms with E-state index in [1.165, 1.54) is 11.8 Å². The summed E-state index contributed by atoms with van der Waals surface area (Å²) in [5, 5.41) is 8.14. The van der Waals surface area contributed by atoms with Gasteiger partial charge in [0.25, 0.3) is 11.8 Å². The Labute approximate surface area is 282 Å². The number of amides is 3. The lowest BCUT2D eigenvalue weighted by molar-refractivity contribution is -0.116. The van der Waals surface area contributed by atoms with Crippen molar-refractivity contribution in [3.8, 4) is 0 Å². The predicted molar refractivity (Wildman–Crippen MR) is 189 cm³/mol. The van der Waals surface area contributed by atoms with Crippen molar-refractivity contribution in [2.45, 2.75) is 10.1 Å². The van der Waals surface area contributed by atoms with E-state index in [1.807, 2.05) is 97.1 Å². The Morgan fingerprint density at radius 3 is 1.96 bits per heavy atom. The highest BCUT2D eigenvalue weighted by Gasteiger charge is 2.23. The number of anilines is 2. The quantitative estimate of drug-likeness (QED) is 0.0985. The van der Waals surface area contributed by atoms with E-state index in [1.54, 1.807) is 42.5 Å².